The highest BCUT2D eigenvalue weighted by molar-refractivity contribution is 9.10. The van der Waals surface area contributed by atoms with Gasteiger partial charge in [-0.15, -0.1) is 0 Å². The molecule has 0 atom stereocenters. The number of thiocarbonyl (C=S) groups is 1. The Kier molecular flexibility index (Phi) is 5.64. The second kappa shape index (κ2) is 7.80. The van der Waals surface area contributed by atoms with Gasteiger partial charge in [-0.25, -0.2) is 0 Å². The van der Waals surface area contributed by atoms with E-state index in [4.69, 9.17) is 23.8 Å². The molecule has 0 unspecified atom stereocenters. The van der Waals surface area contributed by atoms with Crippen LogP contribution < -0.4 is 15.1 Å². The van der Waals surface area contributed by atoms with Crippen LogP contribution in [0.5, 0.6) is 0 Å². The van der Waals surface area contributed by atoms with Crippen molar-refractivity contribution in [2.75, 3.05) is 23.9 Å². The zero-order chi connectivity index (χ0) is 19.7. The monoisotopic (exact) mass is 463 g/mol. The summed E-state index contributed by atoms with van der Waals surface area (Å²) in [5, 5.41) is 2.91. The van der Waals surface area contributed by atoms with Crippen molar-refractivity contribution in [3.8, 4) is 0 Å². The van der Waals surface area contributed by atoms with Gasteiger partial charge in [0.1, 0.15) is 5.57 Å². The lowest BCUT2D eigenvalue weighted by molar-refractivity contribution is -0.122. The molecule has 1 heterocycles. The molecular formula is C19H15BrClN3O2S. The lowest BCUT2D eigenvalue weighted by atomic mass is 10.1. The number of rotatable bonds is 3. The molecule has 2 aromatic carbocycles. The number of hydrogen-bond acceptors (Lipinski definition) is 4. The van der Waals surface area contributed by atoms with Crippen LogP contribution in [-0.4, -0.2) is 31.0 Å². The minimum absolute atomic E-state index is 0.000568. The first-order valence-corrected chi connectivity index (χ1v) is 9.50. The van der Waals surface area contributed by atoms with E-state index in [0.29, 0.717) is 16.3 Å². The summed E-state index contributed by atoms with van der Waals surface area (Å²) in [6.07, 6.45) is 1.54. The second-order valence-corrected chi connectivity index (χ2v) is 7.66. The number of anilines is 2. The maximum absolute atomic E-state index is 13.0. The number of nitrogens with zero attached hydrogens (tertiary/aromatic N) is 2. The number of amides is 2. The van der Waals surface area contributed by atoms with Crippen LogP contribution in [0.4, 0.5) is 11.4 Å². The van der Waals surface area contributed by atoms with E-state index < -0.39 is 11.8 Å². The van der Waals surface area contributed by atoms with Gasteiger partial charge in [-0.2, -0.15) is 0 Å². The summed E-state index contributed by atoms with van der Waals surface area (Å²) in [6.45, 7) is 0. The van der Waals surface area contributed by atoms with Gasteiger partial charge >= 0.3 is 0 Å². The molecule has 1 saturated heterocycles. The number of para-hydroxylation sites is 1. The van der Waals surface area contributed by atoms with Gasteiger partial charge in [-0.1, -0.05) is 29.8 Å². The molecule has 0 aromatic heterocycles. The van der Waals surface area contributed by atoms with E-state index in [0.717, 1.165) is 10.2 Å². The lowest BCUT2D eigenvalue weighted by Gasteiger charge is -2.29. The molecule has 0 saturated carbocycles. The average molecular weight is 465 g/mol. The molecule has 1 fully saturated rings. The fourth-order valence-electron chi connectivity index (χ4n) is 2.65. The molecule has 2 aromatic rings. The van der Waals surface area contributed by atoms with Crippen LogP contribution in [-0.2, 0) is 9.59 Å². The molecule has 3 rings (SSSR count). The molecule has 0 radical (unpaired) electrons. The zero-order valence-electron chi connectivity index (χ0n) is 14.5. The predicted octanol–water partition coefficient (Wildman–Crippen LogP) is 4.00. The smallest absolute Gasteiger partial charge is 0.270 e. The summed E-state index contributed by atoms with van der Waals surface area (Å²) in [4.78, 5) is 28.6. The van der Waals surface area contributed by atoms with E-state index in [2.05, 4.69) is 21.2 Å². The highest BCUT2D eigenvalue weighted by Gasteiger charge is 2.35. The molecule has 1 aliphatic rings. The van der Waals surface area contributed by atoms with Gasteiger partial charge in [-0.3, -0.25) is 19.8 Å². The summed E-state index contributed by atoms with van der Waals surface area (Å²) < 4.78 is 0.851. The van der Waals surface area contributed by atoms with E-state index in [1.54, 1.807) is 24.3 Å². The zero-order valence-corrected chi connectivity index (χ0v) is 17.7. The van der Waals surface area contributed by atoms with Crippen LogP contribution in [0.15, 0.2) is 52.5 Å². The predicted molar refractivity (Wildman–Crippen MR) is 116 cm³/mol. The summed E-state index contributed by atoms with van der Waals surface area (Å²) in [5.41, 5.74) is 2.09. The van der Waals surface area contributed by atoms with Gasteiger partial charge in [0, 0.05) is 18.6 Å². The Hall–Kier alpha value is -2.22. The van der Waals surface area contributed by atoms with Crippen molar-refractivity contribution in [3.05, 3.63) is 63.1 Å². The van der Waals surface area contributed by atoms with Crippen LogP contribution >= 0.6 is 39.7 Å². The third-order valence-electron chi connectivity index (χ3n) is 3.96. The van der Waals surface area contributed by atoms with Crippen molar-refractivity contribution in [1.29, 1.82) is 0 Å². The van der Waals surface area contributed by atoms with Crippen molar-refractivity contribution >= 4 is 74.1 Å². The van der Waals surface area contributed by atoms with Crippen LogP contribution in [0.25, 0.3) is 6.08 Å². The largest absolute Gasteiger partial charge is 0.377 e. The maximum Gasteiger partial charge on any atom is 0.270 e. The van der Waals surface area contributed by atoms with Gasteiger partial charge in [0.2, 0.25) is 0 Å². The summed E-state index contributed by atoms with van der Waals surface area (Å²) >= 11 is 14.9. The number of carbonyl (C=O) groups is 2. The molecule has 0 aliphatic carbocycles. The second-order valence-electron chi connectivity index (χ2n) is 6.01. The van der Waals surface area contributed by atoms with Gasteiger partial charge in [0.15, 0.2) is 5.11 Å². The Balaban J connectivity index is 2.02. The lowest BCUT2D eigenvalue weighted by Crippen LogP contribution is -2.54. The SMILES string of the molecule is CN(C)c1ccc(/C=C2/C(=O)NC(=S)N(c3ccccc3Cl)C2=O)cc1Br. The van der Waals surface area contributed by atoms with Crippen molar-refractivity contribution in [3.63, 3.8) is 0 Å². The summed E-state index contributed by atoms with van der Waals surface area (Å²) in [5.74, 6) is -1.06. The van der Waals surface area contributed by atoms with Gasteiger partial charge in [0.05, 0.1) is 16.4 Å². The molecular weight excluding hydrogens is 450 g/mol. The van der Waals surface area contributed by atoms with E-state index in [1.807, 2.05) is 37.2 Å². The highest BCUT2D eigenvalue weighted by atomic mass is 79.9. The van der Waals surface area contributed by atoms with Crippen molar-refractivity contribution in [2.24, 2.45) is 0 Å². The number of benzene rings is 2. The summed E-state index contributed by atoms with van der Waals surface area (Å²) in [7, 11) is 3.86. The number of nitrogens with one attached hydrogen (secondary N) is 1. The first kappa shape index (κ1) is 19.5. The van der Waals surface area contributed by atoms with Gasteiger partial charge < -0.3 is 4.90 Å². The van der Waals surface area contributed by atoms with Crippen LogP contribution in [0.1, 0.15) is 5.56 Å². The molecule has 5 nitrogen and oxygen atoms in total. The Morgan fingerprint density at radius 2 is 1.89 bits per heavy atom. The van der Waals surface area contributed by atoms with Crippen molar-refractivity contribution in [2.45, 2.75) is 0 Å². The van der Waals surface area contributed by atoms with E-state index in [1.165, 1.54) is 11.0 Å². The Labute approximate surface area is 175 Å². The standard InChI is InChI=1S/C19H15BrClN3O2S/c1-23(2)15-8-7-11(10-13(15)20)9-12-17(25)22-19(27)24(18(12)26)16-6-4-3-5-14(16)21/h3-10H,1-2H3,(H,22,25,27)/b12-9-. The van der Waals surface area contributed by atoms with Gasteiger partial charge in [0.25, 0.3) is 11.8 Å². The third kappa shape index (κ3) is 3.90. The number of carbonyl (C=O) groups excluding carboxylic acids is 2. The fraction of sp³-hybridized carbons (Fsp3) is 0.105. The Morgan fingerprint density at radius 3 is 2.52 bits per heavy atom. The van der Waals surface area contributed by atoms with Crippen molar-refractivity contribution < 1.29 is 9.59 Å². The minimum atomic E-state index is -0.541. The normalized spacial score (nSPS) is 15.9. The van der Waals surface area contributed by atoms with Gasteiger partial charge in [-0.05, 0) is 64.1 Å². The molecule has 2 amide bonds. The molecule has 1 N–H and O–H groups in total. The first-order chi connectivity index (χ1) is 12.8. The Bertz CT molecular complexity index is 991. The average Bonchev–Trinajstić information content (AvgIpc) is 2.60. The number of halogens is 2. The third-order valence-corrected chi connectivity index (χ3v) is 5.20. The van der Waals surface area contributed by atoms with Crippen molar-refractivity contribution in [1.82, 2.24) is 5.32 Å². The minimum Gasteiger partial charge on any atom is -0.377 e. The molecule has 1 aliphatic heterocycles. The van der Waals surface area contributed by atoms with E-state index in [9.17, 15) is 9.59 Å². The summed E-state index contributed by atoms with van der Waals surface area (Å²) in [6, 6.07) is 12.4. The molecule has 138 valence electrons. The van der Waals surface area contributed by atoms with E-state index in [-0.39, 0.29) is 10.7 Å². The van der Waals surface area contributed by atoms with E-state index >= 15 is 0 Å². The molecule has 0 spiro atoms. The Morgan fingerprint density at radius 1 is 1.19 bits per heavy atom. The van der Waals surface area contributed by atoms with Crippen LogP contribution in [0, 0.1) is 0 Å². The van der Waals surface area contributed by atoms with Crippen LogP contribution in [0.2, 0.25) is 5.02 Å². The molecule has 8 heteroatoms. The molecule has 27 heavy (non-hydrogen) atoms. The quantitative estimate of drug-likeness (QED) is 0.424. The number of hydrogen-bond donors (Lipinski definition) is 1. The maximum atomic E-state index is 13.0. The fourth-order valence-corrected chi connectivity index (χ4v) is 3.90. The van der Waals surface area contributed by atoms with Crippen LogP contribution in [0.3, 0.4) is 0 Å². The first-order valence-electron chi connectivity index (χ1n) is 7.92. The topological polar surface area (TPSA) is 52.7 Å². The highest BCUT2D eigenvalue weighted by Crippen LogP contribution is 2.30. The molecule has 0 bridgehead atoms.